The van der Waals surface area contributed by atoms with Crippen molar-refractivity contribution in [2.75, 3.05) is 38.2 Å². The van der Waals surface area contributed by atoms with E-state index < -0.39 is 0 Å². The monoisotopic (exact) mass is 420 g/mol. The Morgan fingerprint density at radius 1 is 1.07 bits per heavy atom. The van der Waals surface area contributed by atoms with Crippen LogP contribution in [0.4, 0.5) is 5.82 Å². The molecular formula is C22H24N6OS. The molecule has 0 amide bonds. The lowest BCUT2D eigenvalue weighted by molar-refractivity contribution is 0.0331. The van der Waals surface area contributed by atoms with E-state index in [9.17, 15) is 0 Å². The first-order valence-corrected chi connectivity index (χ1v) is 11.1. The molecule has 0 aliphatic carbocycles. The standard InChI is InChI=1S/C22H24N6OS/c1-2-5-17(6-3-1)18-16-30-22-20(18)21(23-8-10-28-9-4-7-24-28)25-19(26-22)15-27-11-13-29-14-12-27/h1-7,9,16H,8,10-15H2,(H,23,25,26). The van der Waals surface area contributed by atoms with Crippen molar-refractivity contribution in [2.24, 2.45) is 0 Å². The molecule has 0 unspecified atom stereocenters. The first-order valence-electron chi connectivity index (χ1n) is 10.2. The molecule has 7 nitrogen and oxygen atoms in total. The number of morpholine rings is 1. The average Bonchev–Trinajstić information content (AvgIpc) is 3.45. The van der Waals surface area contributed by atoms with E-state index in [4.69, 9.17) is 14.7 Å². The van der Waals surface area contributed by atoms with Crippen LogP contribution in [0, 0.1) is 0 Å². The molecule has 0 saturated carbocycles. The predicted molar refractivity (Wildman–Crippen MR) is 120 cm³/mol. The number of hydrogen-bond donors (Lipinski definition) is 1. The first kappa shape index (κ1) is 19.2. The van der Waals surface area contributed by atoms with Gasteiger partial charge < -0.3 is 10.1 Å². The summed E-state index contributed by atoms with van der Waals surface area (Å²) < 4.78 is 7.39. The summed E-state index contributed by atoms with van der Waals surface area (Å²) in [5.41, 5.74) is 2.36. The highest BCUT2D eigenvalue weighted by molar-refractivity contribution is 7.17. The third-order valence-corrected chi connectivity index (χ3v) is 6.10. The molecule has 5 rings (SSSR count). The molecule has 0 spiro atoms. The van der Waals surface area contributed by atoms with Crippen molar-refractivity contribution < 1.29 is 4.74 Å². The van der Waals surface area contributed by atoms with Crippen molar-refractivity contribution in [3.8, 4) is 11.1 Å². The topological polar surface area (TPSA) is 68.1 Å². The van der Waals surface area contributed by atoms with Crippen LogP contribution in [0.25, 0.3) is 21.3 Å². The molecule has 0 bridgehead atoms. The van der Waals surface area contributed by atoms with Crippen LogP contribution in [0.15, 0.2) is 54.2 Å². The fourth-order valence-corrected chi connectivity index (χ4v) is 4.66. The molecule has 154 valence electrons. The Morgan fingerprint density at radius 3 is 2.73 bits per heavy atom. The Bertz CT molecular complexity index is 1090. The van der Waals surface area contributed by atoms with E-state index in [1.54, 1.807) is 17.5 Å². The Kier molecular flexibility index (Phi) is 5.69. The number of thiophene rings is 1. The summed E-state index contributed by atoms with van der Waals surface area (Å²) >= 11 is 1.68. The minimum atomic E-state index is 0.742. The van der Waals surface area contributed by atoms with Gasteiger partial charge in [0.25, 0.3) is 0 Å². The van der Waals surface area contributed by atoms with Crippen molar-refractivity contribution in [3.63, 3.8) is 0 Å². The number of benzene rings is 1. The lowest BCUT2D eigenvalue weighted by Gasteiger charge is -2.25. The molecule has 0 radical (unpaired) electrons. The number of nitrogens with zero attached hydrogens (tertiary/aromatic N) is 5. The van der Waals surface area contributed by atoms with Gasteiger partial charge >= 0.3 is 0 Å². The third kappa shape index (κ3) is 4.21. The number of hydrogen-bond acceptors (Lipinski definition) is 7. The van der Waals surface area contributed by atoms with Gasteiger partial charge in [0.2, 0.25) is 0 Å². The minimum absolute atomic E-state index is 0.742. The second-order valence-corrected chi connectivity index (χ2v) is 8.13. The molecule has 1 aliphatic rings. The van der Waals surface area contributed by atoms with Crippen molar-refractivity contribution in [3.05, 3.63) is 60.0 Å². The summed E-state index contributed by atoms with van der Waals surface area (Å²) in [5.74, 6) is 1.75. The maximum Gasteiger partial charge on any atom is 0.146 e. The highest BCUT2D eigenvalue weighted by Gasteiger charge is 2.18. The largest absolute Gasteiger partial charge is 0.379 e. The van der Waals surface area contributed by atoms with Crippen molar-refractivity contribution in [1.29, 1.82) is 0 Å². The molecule has 8 heteroatoms. The van der Waals surface area contributed by atoms with Gasteiger partial charge in [-0.2, -0.15) is 5.10 Å². The van der Waals surface area contributed by atoms with Gasteiger partial charge in [0, 0.05) is 43.0 Å². The molecular weight excluding hydrogens is 396 g/mol. The number of ether oxygens (including phenoxy) is 1. The van der Waals surface area contributed by atoms with Crippen LogP contribution in [-0.4, -0.2) is 57.5 Å². The van der Waals surface area contributed by atoms with Gasteiger partial charge in [-0.3, -0.25) is 9.58 Å². The molecule has 0 atom stereocenters. The van der Waals surface area contributed by atoms with E-state index in [2.05, 4.69) is 45.0 Å². The van der Waals surface area contributed by atoms with E-state index >= 15 is 0 Å². The van der Waals surface area contributed by atoms with Gasteiger partial charge in [0.1, 0.15) is 16.5 Å². The first-order chi connectivity index (χ1) is 14.9. The number of aromatic nitrogens is 4. The third-order valence-electron chi connectivity index (χ3n) is 5.23. The Morgan fingerprint density at radius 2 is 1.93 bits per heavy atom. The van der Waals surface area contributed by atoms with Crippen molar-refractivity contribution >= 4 is 27.4 Å². The van der Waals surface area contributed by atoms with Gasteiger partial charge in [0.15, 0.2) is 0 Å². The zero-order valence-corrected chi connectivity index (χ0v) is 17.5. The van der Waals surface area contributed by atoms with Crippen LogP contribution >= 0.6 is 11.3 Å². The molecule has 4 aromatic rings. The fraction of sp³-hybridized carbons (Fsp3) is 0.318. The smallest absolute Gasteiger partial charge is 0.146 e. The lowest BCUT2D eigenvalue weighted by Crippen LogP contribution is -2.36. The second kappa shape index (κ2) is 8.91. The second-order valence-electron chi connectivity index (χ2n) is 7.27. The zero-order chi connectivity index (χ0) is 20.2. The number of rotatable bonds is 7. The molecule has 3 aromatic heterocycles. The Hall–Kier alpha value is -2.81. The van der Waals surface area contributed by atoms with Crippen molar-refractivity contribution in [1.82, 2.24) is 24.6 Å². The summed E-state index contributed by atoms with van der Waals surface area (Å²) in [5, 5.41) is 11.1. The van der Waals surface area contributed by atoms with Gasteiger partial charge in [-0.05, 0) is 11.6 Å². The quantitative estimate of drug-likeness (QED) is 0.494. The maximum atomic E-state index is 5.47. The number of nitrogens with one attached hydrogen (secondary N) is 1. The Labute approximate surface area is 179 Å². The molecule has 30 heavy (non-hydrogen) atoms. The molecule has 1 N–H and O–H groups in total. The van der Waals surface area contributed by atoms with Crippen molar-refractivity contribution in [2.45, 2.75) is 13.1 Å². The fourth-order valence-electron chi connectivity index (χ4n) is 3.70. The van der Waals surface area contributed by atoms with E-state index in [0.717, 1.165) is 67.8 Å². The maximum absolute atomic E-state index is 5.47. The normalized spacial score (nSPS) is 14.9. The number of fused-ring (bicyclic) bond motifs is 1. The van der Waals surface area contributed by atoms with Gasteiger partial charge in [0.05, 0.1) is 31.7 Å². The molecule has 1 aliphatic heterocycles. The van der Waals surface area contributed by atoms with E-state index in [1.807, 2.05) is 23.0 Å². The van der Waals surface area contributed by atoms with Crippen LogP contribution in [0.2, 0.25) is 0 Å². The Balaban J connectivity index is 1.47. The van der Waals surface area contributed by atoms with Gasteiger partial charge in [-0.15, -0.1) is 11.3 Å². The summed E-state index contributed by atoms with van der Waals surface area (Å²) in [7, 11) is 0. The van der Waals surface area contributed by atoms with Crippen LogP contribution in [0.3, 0.4) is 0 Å². The van der Waals surface area contributed by atoms with Crippen LogP contribution in [0.1, 0.15) is 5.82 Å². The minimum Gasteiger partial charge on any atom is -0.379 e. The molecule has 1 aromatic carbocycles. The molecule has 1 fully saturated rings. The SMILES string of the molecule is c1ccc(-c2csc3nc(CN4CCOCC4)nc(NCCn4cccn4)c23)cc1. The summed E-state index contributed by atoms with van der Waals surface area (Å²) in [6.07, 6.45) is 3.77. The van der Waals surface area contributed by atoms with Crippen LogP contribution in [-0.2, 0) is 17.8 Å². The summed E-state index contributed by atoms with van der Waals surface area (Å²) in [4.78, 5) is 13.2. The van der Waals surface area contributed by atoms with E-state index in [0.29, 0.717) is 0 Å². The summed E-state index contributed by atoms with van der Waals surface area (Å²) in [6.45, 7) is 5.65. The van der Waals surface area contributed by atoms with Gasteiger partial charge in [-0.25, -0.2) is 9.97 Å². The molecule has 1 saturated heterocycles. The number of anilines is 1. The predicted octanol–water partition coefficient (Wildman–Crippen LogP) is 3.50. The average molecular weight is 421 g/mol. The lowest BCUT2D eigenvalue weighted by atomic mass is 10.1. The van der Waals surface area contributed by atoms with E-state index in [-0.39, 0.29) is 0 Å². The van der Waals surface area contributed by atoms with Crippen LogP contribution in [0.5, 0.6) is 0 Å². The summed E-state index contributed by atoms with van der Waals surface area (Å²) in [6, 6.07) is 12.4. The van der Waals surface area contributed by atoms with Crippen LogP contribution < -0.4 is 5.32 Å². The molecule has 4 heterocycles. The van der Waals surface area contributed by atoms with E-state index in [1.165, 1.54) is 11.1 Å². The highest BCUT2D eigenvalue weighted by atomic mass is 32.1. The highest BCUT2D eigenvalue weighted by Crippen LogP contribution is 2.37. The van der Waals surface area contributed by atoms with Gasteiger partial charge in [-0.1, -0.05) is 30.3 Å². The zero-order valence-electron chi connectivity index (χ0n) is 16.7.